The molecule has 0 bridgehead atoms. The highest BCUT2D eigenvalue weighted by atomic mass is 16.5. The van der Waals surface area contributed by atoms with Crippen LogP contribution in [0.1, 0.15) is 12.6 Å². The van der Waals surface area contributed by atoms with Crippen molar-refractivity contribution in [3.05, 3.63) is 18.6 Å². The number of hydrogen-bond acceptors (Lipinski definition) is 6. The highest BCUT2D eigenvalue weighted by Gasteiger charge is 2.34. The molecule has 4 N–H and O–H groups in total. The van der Waals surface area contributed by atoms with E-state index >= 15 is 0 Å². The number of hydrogen-bond donors (Lipinski definition) is 3. The molecule has 0 saturated carbocycles. The van der Waals surface area contributed by atoms with Crippen molar-refractivity contribution in [2.45, 2.75) is 24.9 Å². The maximum absolute atomic E-state index is 9.73. The molecule has 0 aromatic carbocycles. The summed E-state index contributed by atoms with van der Waals surface area (Å²) >= 11 is 0. The second-order valence-corrected chi connectivity index (χ2v) is 4.33. The number of aromatic nitrogens is 3. The zero-order valence-electron chi connectivity index (χ0n) is 9.60. The van der Waals surface area contributed by atoms with Gasteiger partial charge in [-0.25, -0.2) is 9.97 Å². The first kappa shape index (κ1) is 11.4. The number of nitrogens with zero attached hydrogens (tertiary/aromatic N) is 3. The van der Waals surface area contributed by atoms with Gasteiger partial charge in [0.1, 0.15) is 30.1 Å². The highest BCUT2D eigenvalue weighted by Crippen LogP contribution is 2.31. The smallest absolute Gasteiger partial charge is 0.147 e. The van der Waals surface area contributed by atoms with Gasteiger partial charge in [-0.05, 0) is 6.07 Å². The molecule has 0 amide bonds. The van der Waals surface area contributed by atoms with E-state index in [1.54, 1.807) is 10.8 Å². The second-order valence-electron chi connectivity index (χ2n) is 4.33. The minimum Gasteiger partial charge on any atom is -0.394 e. The Bertz CT molecular complexity index is 570. The molecule has 18 heavy (non-hydrogen) atoms. The quantitative estimate of drug-likeness (QED) is 0.673. The predicted octanol–water partition coefficient (Wildman–Crippen LogP) is -0.346. The van der Waals surface area contributed by atoms with E-state index in [9.17, 15) is 5.11 Å². The Morgan fingerprint density at radius 2 is 2.33 bits per heavy atom. The van der Waals surface area contributed by atoms with Crippen molar-refractivity contribution in [2.24, 2.45) is 0 Å². The lowest BCUT2D eigenvalue weighted by molar-refractivity contribution is -0.0430. The Hall–Kier alpha value is -1.70. The molecule has 1 aliphatic heterocycles. The topological polar surface area (TPSA) is 106 Å². The maximum atomic E-state index is 9.73. The van der Waals surface area contributed by atoms with Gasteiger partial charge < -0.3 is 25.3 Å². The van der Waals surface area contributed by atoms with Crippen LogP contribution in [0.5, 0.6) is 0 Å². The zero-order chi connectivity index (χ0) is 12.7. The maximum Gasteiger partial charge on any atom is 0.147 e. The molecule has 3 atom stereocenters. The van der Waals surface area contributed by atoms with E-state index in [0.29, 0.717) is 17.9 Å². The van der Waals surface area contributed by atoms with Crippen molar-refractivity contribution in [1.29, 1.82) is 0 Å². The minimum absolute atomic E-state index is 0.200. The fourth-order valence-electron chi connectivity index (χ4n) is 2.27. The van der Waals surface area contributed by atoms with Crippen molar-refractivity contribution in [3.63, 3.8) is 0 Å². The van der Waals surface area contributed by atoms with Gasteiger partial charge in [0, 0.05) is 12.6 Å². The molecule has 0 radical (unpaired) electrons. The van der Waals surface area contributed by atoms with Crippen LogP contribution in [0.4, 0.5) is 5.82 Å². The molecule has 1 saturated heterocycles. The van der Waals surface area contributed by atoms with E-state index in [-0.39, 0.29) is 12.8 Å². The lowest BCUT2D eigenvalue weighted by Crippen LogP contribution is -2.24. The van der Waals surface area contributed by atoms with Gasteiger partial charge in [-0.2, -0.15) is 0 Å². The molecule has 0 spiro atoms. The summed E-state index contributed by atoms with van der Waals surface area (Å²) in [4.78, 5) is 8.09. The summed E-state index contributed by atoms with van der Waals surface area (Å²) in [6, 6.07) is 1.81. The third-order valence-electron chi connectivity index (χ3n) is 3.23. The summed E-state index contributed by atoms with van der Waals surface area (Å²) in [6.07, 6.45) is 2.04. The number of aliphatic hydroxyl groups is 2. The summed E-state index contributed by atoms with van der Waals surface area (Å²) in [7, 11) is 0. The largest absolute Gasteiger partial charge is 0.394 e. The van der Waals surface area contributed by atoms with Gasteiger partial charge in [0.15, 0.2) is 0 Å². The molecular formula is C11H14N4O3. The van der Waals surface area contributed by atoms with Crippen molar-refractivity contribution in [1.82, 2.24) is 14.5 Å². The van der Waals surface area contributed by atoms with E-state index < -0.39 is 12.2 Å². The molecule has 1 aliphatic rings. The van der Waals surface area contributed by atoms with E-state index in [1.165, 1.54) is 6.33 Å². The van der Waals surface area contributed by atoms with Gasteiger partial charge in [0.2, 0.25) is 0 Å². The van der Waals surface area contributed by atoms with Gasteiger partial charge >= 0.3 is 0 Å². The van der Waals surface area contributed by atoms with Crippen LogP contribution in [0.25, 0.3) is 11.0 Å². The number of nitrogen functional groups attached to an aromatic ring is 1. The average Bonchev–Trinajstić information content (AvgIpc) is 2.93. The Morgan fingerprint density at radius 3 is 3.06 bits per heavy atom. The number of rotatable bonds is 2. The molecule has 7 heteroatoms. The number of nitrogens with two attached hydrogens (primary N) is 1. The first-order chi connectivity index (χ1) is 8.70. The van der Waals surface area contributed by atoms with Gasteiger partial charge in [-0.15, -0.1) is 0 Å². The van der Waals surface area contributed by atoms with Crippen molar-refractivity contribution in [3.8, 4) is 0 Å². The molecule has 3 heterocycles. The highest BCUT2D eigenvalue weighted by molar-refractivity contribution is 5.86. The first-order valence-corrected chi connectivity index (χ1v) is 5.72. The molecule has 2 aromatic rings. The van der Waals surface area contributed by atoms with E-state index in [1.807, 2.05) is 6.07 Å². The summed E-state index contributed by atoms with van der Waals surface area (Å²) in [6.45, 7) is -0.200. The molecule has 0 aliphatic carbocycles. The Balaban J connectivity index is 1.99. The van der Waals surface area contributed by atoms with Crippen LogP contribution in [0.15, 0.2) is 18.6 Å². The van der Waals surface area contributed by atoms with E-state index in [0.717, 1.165) is 5.39 Å². The summed E-state index contributed by atoms with van der Waals surface area (Å²) < 4.78 is 7.37. The third kappa shape index (κ3) is 1.64. The van der Waals surface area contributed by atoms with Crippen LogP contribution in [0, 0.1) is 0 Å². The van der Waals surface area contributed by atoms with Gasteiger partial charge in [0.05, 0.1) is 18.1 Å². The van der Waals surface area contributed by atoms with Crippen LogP contribution >= 0.6 is 0 Å². The molecule has 1 fully saturated rings. The van der Waals surface area contributed by atoms with Crippen LogP contribution in [0.3, 0.4) is 0 Å². The Morgan fingerprint density at radius 1 is 1.50 bits per heavy atom. The fourth-order valence-corrected chi connectivity index (χ4v) is 2.27. The Kier molecular flexibility index (Phi) is 2.66. The number of aliphatic hydroxyl groups excluding tert-OH is 2. The monoisotopic (exact) mass is 250 g/mol. The standard InChI is InChI=1S/C11H14N4O3/c12-10-6-1-2-15(11(6)14-5-13-10)9-3-7(17)8(4-16)18-9/h1-2,5,7-9,16-17H,3-4H2,(H2,12,13,14)/t7-,8?,9-/m1/s1. The zero-order valence-corrected chi connectivity index (χ0v) is 9.60. The summed E-state index contributed by atoms with van der Waals surface area (Å²) in [5, 5.41) is 19.6. The molecule has 3 rings (SSSR count). The molecule has 2 aromatic heterocycles. The normalized spacial score (nSPS) is 28.0. The third-order valence-corrected chi connectivity index (χ3v) is 3.23. The van der Waals surface area contributed by atoms with Crippen LogP contribution < -0.4 is 5.73 Å². The minimum atomic E-state index is -0.670. The molecular weight excluding hydrogens is 236 g/mol. The number of fused-ring (bicyclic) bond motifs is 1. The summed E-state index contributed by atoms with van der Waals surface area (Å²) in [5.74, 6) is 0.413. The average molecular weight is 250 g/mol. The van der Waals surface area contributed by atoms with Crippen molar-refractivity contribution < 1.29 is 14.9 Å². The predicted molar refractivity (Wildman–Crippen MR) is 63.6 cm³/mol. The number of ether oxygens (including phenoxy) is 1. The van der Waals surface area contributed by atoms with Gasteiger partial charge in [-0.1, -0.05) is 0 Å². The van der Waals surface area contributed by atoms with E-state index in [4.69, 9.17) is 15.6 Å². The van der Waals surface area contributed by atoms with Gasteiger partial charge in [-0.3, -0.25) is 0 Å². The van der Waals surface area contributed by atoms with Crippen molar-refractivity contribution >= 4 is 16.9 Å². The SMILES string of the molecule is Nc1ncnc2c1ccn2[C@H]1C[C@@H](O)C(CO)O1. The van der Waals surface area contributed by atoms with Crippen LogP contribution in [-0.4, -0.2) is 43.6 Å². The fraction of sp³-hybridized carbons (Fsp3) is 0.455. The van der Waals surface area contributed by atoms with Crippen LogP contribution in [-0.2, 0) is 4.74 Å². The second kappa shape index (κ2) is 4.20. The first-order valence-electron chi connectivity index (χ1n) is 5.72. The lowest BCUT2D eigenvalue weighted by Gasteiger charge is -2.14. The Labute approximate surface area is 103 Å². The number of anilines is 1. The molecule has 96 valence electrons. The van der Waals surface area contributed by atoms with Gasteiger partial charge in [0.25, 0.3) is 0 Å². The summed E-state index contributed by atoms with van der Waals surface area (Å²) in [5.41, 5.74) is 6.42. The lowest BCUT2D eigenvalue weighted by atomic mass is 10.2. The molecule has 1 unspecified atom stereocenters. The van der Waals surface area contributed by atoms with Crippen LogP contribution in [0.2, 0.25) is 0 Å². The molecule has 7 nitrogen and oxygen atoms in total. The van der Waals surface area contributed by atoms with Crippen molar-refractivity contribution in [2.75, 3.05) is 12.3 Å². The van der Waals surface area contributed by atoms with E-state index in [2.05, 4.69) is 9.97 Å².